The lowest BCUT2D eigenvalue weighted by atomic mass is 9.86. The highest BCUT2D eigenvalue weighted by molar-refractivity contribution is 5.68. The number of carbonyl (C=O) groups excluding carboxylic acids is 1. The highest BCUT2D eigenvalue weighted by atomic mass is 19.1. The number of ether oxygens (including phenoxy) is 1. The van der Waals surface area contributed by atoms with Crippen molar-refractivity contribution in [3.8, 4) is 11.8 Å². The van der Waals surface area contributed by atoms with Crippen LogP contribution in [0.15, 0.2) is 30.5 Å². The summed E-state index contributed by atoms with van der Waals surface area (Å²) in [7, 11) is 0. The first-order valence-corrected chi connectivity index (χ1v) is 11.9. The quantitative estimate of drug-likeness (QED) is 0.478. The Morgan fingerprint density at radius 3 is 2.85 bits per heavy atom. The second kappa shape index (κ2) is 11.7. The van der Waals surface area contributed by atoms with Crippen LogP contribution in [0, 0.1) is 23.6 Å². The van der Waals surface area contributed by atoms with Gasteiger partial charge >= 0.3 is 6.09 Å². The molecule has 1 amide bonds. The Hall–Kier alpha value is -3.34. The number of hydrogen-bond donors (Lipinski definition) is 3. The molecule has 1 fully saturated rings. The van der Waals surface area contributed by atoms with Crippen LogP contribution in [0.5, 0.6) is 0 Å². The Kier molecular flexibility index (Phi) is 8.69. The van der Waals surface area contributed by atoms with Crippen molar-refractivity contribution in [1.29, 1.82) is 0 Å². The minimum atomic E-state index is -0.518. The summed E-state index contributed by atoms with van der Waals surface area (Å²) in [6.45, 7) is 8.38. The summed E-state index contributed by atoms with van der Waals surface area (Å²) in [5.74, 6) is 7.43. The number of benzene rings is 1. The Bertz CT molecular complexity index is 1040. The zero-order chi connectivity index (χ0) is 24.6. The molecule has 3 rings (SSSR count). The summed E-state index contributed by atoms with van der Waals surface area (Å²) in [5, 5.41) is 9.31. The lowest BCUT2D eigenvalue weighted by Gasteiger charge is -2.28. The molecule has 0 saturated heterocycles. The van der Waals surface area contributed by atoms with E-state index in [1.54, 1.807) is 18.3 Å². The Balaban J connectivity index is 1.69. The van der Waals surface area contributed by atoms with Gasteiger partial charge in [-0.05, 0) is 64.7 Å². The van der Waals surface area contributed by atoms with Crippen LogP contribution in [-0.2, 0) is 4.74 Å². The van der Waals surface area contributed by atoms with Crippen LogP contribution in [0.25, 0.3) is 0 Å². The van der Waals surface area contributed by atoms with Gasteiger partial charge in [0.1, 0.15) is 17.2 Å². The molecule has 0 radical (unpaired) electrons. The van der Waals surface area contributed by atoms with Gasteiger partial charge in [0.2, 0.25) is 5.95 Å². The molecule has 0 spiro atoms. The zero-order valence-electron chi connectivity index (χ0n) is 20.4. The number of hydrogen-bond acceptors (Lipinski definition) is 6. The molecular formula is C26H34FN5O2. The van der Waals surface area contributed by atoms with E-state index in [2.05, 4.69) is 44.7 Å². The average Bonchev–Trinajstić information content (AvgIpc) is 2.76. The van der Waals surface area contributed by atoms with Crippen LogP contribution in [0.2, 0.25) is 0 Å². The van der Waals surface area contributed by atoms with Gasteiger partial charge in [0, 0.05) is 24.2 Å². The van der Waals surface area contributed by atoms with Crippen molar-refractivity contribution in [2.45, 2.75) is 71.4 Å². The van der Waals surface area contributed by atoms with Crippen LogP contribution in [0.1, 0.15) is 65.4 Å². The standard InChI is InChI=1S/C26H34FN5O2/c1-5-14-28-23-19(17-29-24(32-23)30-22-11-7-9-20(27)16-22)13-12-18-8-6-10-21(15-18)31-25(33)34-26(2,3)4/h7,9,11,16-18,21H,5-6,8,10,14-15H2,1-4H3,(H,31,33)(H2,28,29,30,32)/t18-,21-/m0/s1. The molecule has 1 heterocycles. The van der Waals surface area contributed by atoms with Gasteiger partial charge in [0.05, 0.1) is 11.8 Å². The molecule has 3 N–H and O–H groups in total. The maximum Gasteiger partial charge on any atom is 0.407 e. The number of rotatable bonds is 6. The summed E-state index contributed by atoms with van der Waals surface area (Å²) < 4.78 is 18.9. The second-order valence-corrected chi connectivity index (χ2v) is 9.49. The Labute approximate surface area is 201 Å². The number of halogens is 1. The zero-order valence-corrected chi connectivity index (χ0v) is 20.4. The highest BCUT2D eigenvalue weighted by Gasteiger charge is 2.24. The molecule has 2 atom stereocenters. The normalized spacial score (nSPS) is 17.8. The topological polar surface area (TPSA) is 88.2 Å². The fourth-order valence-corrected chi connectivity index (χ4v) is 3.71. The lowest BCUT2D eigenvalue weighted by Crippen LogP contribution is -2.41. The van der Waals surface area contributed by atoms with Crippen molar-refractivity contribution in [2.24, 2.45) is 5.92 Å². The third-order valence-electron chi connectivity index (χ3n) is 5.22. The monoisotopic (exact) mass is 467 g/mol. The first-order valence-electron chi connectivity index (χ1n) is 11.9. The van der Waals surface area contributed by atoms with Crippen LogP contribution in [0.4, 0.5) is 26.6 Å². The van der Waals surface area contributed by atoms with Gasteiger partial charge in [-0.15, -0.1) is 0 Å². The van der Waals surface area contributed by atoms with Crippen molar-refractivity contribution in [1.82, 2.24) is 15.3 Å². The second-order valence-electron chi connectivity index (χ2n) is 9.49. The average molecular weight is 468 g/mol. The number of aromatic nitrogens is 2. The third kappa shape index (κ3) is 8.22. The molecular weight excluding hydrogens is 433 g/mol. The summed E-state index contributed by atoms with van der Waals surface area (Å²) >= 11 is 0. The molecule has 34 heavy (non-hydrogen) atoms. The van der Waals surface area contributed by atoms with Crippen molar-refractivity contribution in [3.63, 3.8) is 0 Å². The third-order valence-corrected chi connectivity index (χ3v) is 5.22. The summed E-state index contributed by atoms with van der Waals surface area (Å²) in [5.41, 5.74) is 0.765. The van der Waals surface area contributed by atoms with Gasteiger partial charge in [-0.25, -0.2) is 14.2 Å². The van der Waals surface area contributed by atoms with E-state index in [0.29, 0.717) is 23.0 Å². The molecule has 1 aromatic heterocycles. The van der Waals surface area contributed by atoms with Crippen LogP contribution in [0.3, 0.4) is 0 Å². The molecule has 1 aliphatic rings. The van der Waals surface area contributed by atoms with Crippen molar-refractivity contribution < 1.29 is 13.9 Å². The van der Waals surface area contributed by atoms with E-state index in [1.165, 1.54) is 12.1 Å². The highest BCUT2D eigenvalue weighted by Crippen LogP contribution is 2.25. The Morgan fingerprint density at radius 1 is 1.29 bits per heavy atom. The van der Waals surface area contributed by atoms with Crippen LogP contribution in [-0.4, -0.2) is 34.2 Å². The molecule has 0 unspecified atom stereocenters. The molecule has 8 heteroatoms. The van der Waals surface area contributed by atoms with Crippen molar-refractivity contribution in [2.75, 3.05) is 17.2 Å². The summed E-state index contributed by atoms with van der Waals surface area (Å²) in [4.78, 5) is 21.0. The van der Waals surface area contributed by atoms with E-state index >= 15 is 0 Å². The summed E-state index contributed by atoms with van der Waals surface area (Å²) in [6.07, 6.45) is 5.91. The minimum Gasteiger partial charge on any atom is -0.444 e. The first-order chi connectivity index (χ1) is 16.2. The Morgan fingerprint density at radius 2 is 2.12 bits per heavy atom. The number of alkyl carbamates (subject to hydrolysis) is 1. The molecule has 1 saturated carbocycles. The number of nitrogens with one attached hydrogen (secondary N) is 3. The van der Waals surface area contributed by atoms with Gasteiger partial charge in [-0.2, -0.15) is 4.98 Å². The molecule has 1 aromatic carbocycles. The minimum absolute atomic E-state index is 0.0506. The number of amides is 1. The van der Waals surface area contributed by atoms with E-state index in [9.17, 15) is 9.18 Å². The predicted molar refractivity (Wildman–Crippen MR) is 132 cm³/mol. The van der Waals surface area contributed by atoms with E-state index in [4.69, 9.17) is 4.74 Å². The molecule has 7 nitrogen and oxygen atoms in total. The molecule has 0 aliphatic heterocycles. The first kappa shape index (κ1) is 25.3. The fraction of sp³-hybridized carbons (Fsp3) is 0.500. The predicted octanol–water partition coefficient (Wildman–Crippen LogP) is 5.62. The number of carbonyl (C=O) groups is 1. The van der Waals surface area contributed by atoms with Gasteiger partial charge in [-0.1, -0.05) is 31.3 Å². The number of nitrogens with zero attached hydrogens (tertiary/aromatic N) is 2. The molecule has 182 valence electrons. The van der Waals surface area contributed by atoms with Gasteiger partial charge in [-0.3, -0.25) is 0 Å². The van der Waals surface area contributed by atoms with Gasteiger partial charge in [0.15, 0.2) is 0 Å². The van der Waals surface area contributed by atoms with Crippen molar-refractivity contribution in [3.05, 3.63) is 41.8 Å². The van der Waals surface area contributed by atoms with E-state index in [0.717, 1.165) is 38.6 Å². The maximum absolute atomic E-state index is 13.5. The largest absolute Gasteiger partial charge is 0.444 e. The SMILES string of the molecule is CCCNc1nc(Nc2cccc(F)c2)ncc1C#C[C@@H]1CCC[C@H](NC(=O)OC(C)(C)C)C1. The van der Waals surface area contributed by atoms with Crippen LogP contribution >= 0.6 is 0 Å². The smallest absolute Gasteiger partial charge is 0.407 e. The maximum atomic E-state index is 13.5. The lowest BCUT2D eigenvalue weighted by molar-refractivity contribution is 0.0489. The fourth-order valence-electron chi connectivity index (χ4n) is 3.71. The van der Waals surface area contributed by atoms with Crippen molar-refractivity contribution >= 4 is 23.5 Å². The number of anilines is 3. The molecule has 0 bridgehead atoms. The van der Waals surface area contributed by atoms with E-state index in [-0.39, 0.29) is 23.9 Å². The van der Waals surface area contributed by atoms with Gasteiger partial charge < -0.3 is 20.7 Å². The van der Waals surface area contributed by atoms with E-state index in [1.807, 2.05) is 20.8 Å². The van der Waals surface area contributed by atoms with Gasteiger partial charge in [0.25, 0.3) is 0 Å². The van der Waals surface area contributed by atoms with E-state index < -0.39 is 5.60 Å². The van der Waals surface area contributed by atoms with Crippen LogP contribution < -0.4 is 16.0 Å². The summed E-state index contributed by atoms with van der Waals surface area (Å²) in [6, 6.07) is 6.21. The molecule has 2 aromatic rings. The molecule has 1 aliphatic carbocycles.